The van der Waals surface area contributed by atoms with Gasteiger partial charge in [-0.05, 0) is 36.5 Å². The van der Waals surface area contributed by atoms with E-state index >= 15 is 0 Å². The fraction of sp³-hybridized carbons (Fsp3) is 0.562. The largest absolute Gasteiger partial charge is 0.465 e. The lowest BCUT2D eigenvalue weighted by Crippen LogP contribution is -2.29. The number of nitrogens with one attached hydrogen (secondary N) is 1. The van der Waals surface area contributed by atoms with Crippen LogP contribution in [0.25, 0.3) is 0 Å². The lowest BCUT2D eigenvalue weighted by Gasteiger charge is -2.34. The van der Waals surface area contributed by atoms with Gasteiger partial charge in [0, 0.05) is 6.54 Å². The van der Waals surface area contributed by atoms with Crippen LogP contribution in [0.3, 0.4) is 0 Å². The summed E-state index contributed by atoms with van der Waals surface area (Å²) >= 11 is 0. The van der Waals surface area contributed by atoms with Gasteiger partial charge in [-0.1, -0.05) is 26.2 Å². The number of hydrogen-bond donors (Lipinski definition) is 2. The summed E-state index contributed by atoms with van der Waals surface area (Å²) in [5.74, 6) is -0.336. The third-order valence-electron chi connectivity index (χ3n) is 4.24. The topological polar surface area (TPSA) is 64.3 Å². The van der Waals surface area contributed by atoms with Gasteiger partial charge in [-0.2, -0.15) is 0 Å². The van der Waals surface area contributed by atoms with E-state index in [2.05, 4.69) is 12.2 Å². The Morgan fingerprint density at radius 2 is 2.05 bits per heavy atom. The van der Waals surface area contributed by atoms with Crippen molar-refractivity contribution < 1.29 is 9.53 Å². The van der Waals surface area contributed by atoms with Crippen molar-refractivity contribution in [3.63, 3.8) is 0 Å². The van der Waals surface area contributed by atoms with Crippen LogP contribution >= 0.6 is 0 Å². The monoisotopic (exact) mass is 276 g/mol. The predicted molar refractivity (Wildman–Crippen MR) is 81.9 cm³/mol. The molecule has 110 valence electrons. The first-order chi connectivity index (χ1) is 9.54. The first kappa shape index (κ1) is 14.7. The molecule has 1 saturated carbocycles. The number of nitrogens with two attached hydrogens (primary N) is 1. The molecule has 1 aliphatic rings. The molecule has 1 aromatic carbocycles. The molecule has 0 aliphatic heterocycles. The molecule has 0 heterocycles. The van der Waals surface area contributed by atoms with Gasteiger partial charge in [0.1, 0.15) is 0 Å². The molecule has 2 rings (SSSR count). The summed E-state index contributed by atoms with van der Waals surface area (Å²) in [6, 6.07) is 5.21. The molecule has 20 heavy (non-hydrogen) atoms. The molecule has 0 atom stereocenters. The van der Waals surface area contributed by atoms with Crippen molar-refractivity contribution in [3.8, 4) is 0 Å². The molecule has 0 amide bonds. The summed E-state index contributed by atoms with van der Waals surface area (Å²) in [6.45, 7) is 3.21. The zero-order chi connectivity index (χ0) is 14.6. The van der Waals surface area contributed by atoms with Crippen molar-refractivity contribution >= 4 is 17.3 Å². The van der Waals surface area contributed by atoms with Crippen LogP contribution in [0, 0.1) is 5.41 Å². The molecule has 4 heteroatoms. The summed E-state index contributed by atoms with van der Waals surface area (Å²) in [6.07, 6.45) is 6.44. The fourth-order valence-corrected chi connectivity index (χ4v) is 2.84. The van der Waals surface area contributed by atoms with Crippen molar-refractivity contribution in [2.45, 2.75) is 39.0 Å². The van der Waals surface area contributed by atoms with E-state index in [0.29, 0.717) is 16.7 Å². The van der Waals surface area contributed by atoms with Crippen LogP contribution in [0.4, 0.5) is 11.4 Å². The number of rotatable bonds is 4. The highest BCUT2D eigenvalue weighted by Crippen LogP contribution is 2.36. The Morgan fingerprint density at radius 1 is 1.35 bits per heavy atom. The Labute approximate surface area is 120 Å². The number of carbonyl (C=O) groups excluding carboxylic acids is 1. The number of methoxy groups -OCH3 is 1. The van der Waals surface area contributed by atoms with Crippen molar-refractivity contribution in [2.75, 3.05) is 24.7 Å². The summed E-state index contributed by atoms with van der Waals surface area (Å²) in [4.78, 5) is 11.6. The van der Waals surface area contributed by atoms with Crippen LogP contribution < -0.4 is 11.1 Å². The van der Waals surface area contributed by atoms with Crippen LogP contribution in [0.5, 0.6) is 0 Å². The van der Waals surface area contributed by atoms with Crippen molar-refractivity contribution in [2.24, 2.45) is 5.41 Å². The van der Waals surface area contributed by atoms with E-state index in [4.69, 9.17) is 10.5 Å². The molecule has 1 fully saturated rings. The maximum atomic E-state index is 11.6. The van der Waals surface area contributed by atoms with Gasteiger partial charge in [-0.25, -0.2) is 4.79 Å². The van der Waals surface area contributed by atoms with Crippen molar-refractivity contribution in [1.82, 2.24) is 0 Å². The molecule has 0 unspecified atom stereocenters. The average molecular weight is 276 g/mol. The van der Waals surface area contributed by atoms with E-state index in [0.717, 1.165) is 12.2 Å². The second-order valence-corrected chi connectivity index (χ2v) is 6.02. The third-order valence-corrected chi connectivity index (χ3v) is 4.24. The molecular weight excluding hydrogens is 252 g/mol. The van der Waals surface area contributed by atoms with E-state index in [1.807, 2.05) is 0 Å². The number of hydrogen-bond acceptors (Lipinski definition) is 4. The number of carbonyl (C=O) groups is 1. The van der Waals surface area contributed by atoms with E-state index in [-0.39, 0.29) is 5.97 Å². The van der Waals surface area contributed by atoms with Gasteiger partial charge in [-0.3, -0.25) is 0 Å². The van der Waals surface area contributed by atoms with Gasteiger partial charge in [0.2, 0.25) is 0 Å². The lowest BCUT2D eigenvalue weighted by atomic mass is 9.75. The average Bonchev–Trinajstić information content (AvgIpc) is 2.46. The number of nitrogen functional groups attached to an aromatic ring is 1. The Balaban J connectivity index is 2.06. The standard InChI is InChI=1S/C16H24N2O2/c1-16(8-4-3-5-9-16)11-18-14-10-12(15(19)20-2)6-7-13(14)17/h6-7,10,18H,3-5,8-9,11,17H2,1-2H3. The number of esters is 1. The highest BCUT2D eigenvalue weighted by molar-refractivity contribution is 5.91. The Morgan fingerprint density at radius 3 is 2.70 bits per heavy atom. The second kappa shape index (κ2) is 6.16. The molecule has 0 saturated heterocycles. The van der Waals surface area contributed by atoms with Crippen LogP contribution in [0.2, 0.25) is 0 Å². The van der Waals surface area contributed by atoms with Crippen molar-refractivity contribution in [3.05, 3.63) is 23.8 Å². The van der Waals surface area contributed by atoms with Crippen LogP contribution in [-0.2, 0) is 4.74 Å². The summed E-state index contributed by atoms with van der Waals surface area (Å²) in [7, 11) is 1.38. The van der Waals surface area contributed by atoms with Gasteiger partial charge >= 0.3 is 5.97 Å². The zero-order valence-electron chi connectivity index (χ0n) is 12.4. The highest BCUT2D eigenvalue weighted by atomic mass is 16.5. The molecule has 0 radical (unpaired) electrons. The first-order valence-electron chi connectivity index (χ1n) is 7.26. The molecule has 0 aromatic heterocycles. The Bertz CT molecular complexity index is 479. The Kier molecular flexibility index (Phi) is 4.53. The van der Waals surface area contributed by atoms with Crippen LogP contribution in [0.1, 0.15) is 49.4 Å². The van der Waals surface area contributed by atoms with Crippen LogP contribution in [0.15, 0.2) is 18.2 Å². The second-order valence-electron chi connectivity index (χ2n) is 6.02. The minimum atomic E-state index is -0.336. The SMILES string of the molecule is COC(=O)c1ccc(N)c(NCC2(C)CCCCC2)c1. The highest BCUT2D eigenvalue weighted by Gasteiger charge is 2.26. The molecule has 1 aliphatic carbocycles. The van der Waals surface area contributed by atoms with Crippen molar-refractivity contribution in [1.29, 1.82) is 0 Å². The van der Waals surface area contributed by atoms with E-state index in [1.54, 1.807) is 18.2 Å². The number of ether oxygens (including phenoxy) is 1. The van der Waals surface area contributed by atoms with Crippen LogP contribution in [-0.4, -0.2) is 19.6 Å². The molecule has 4 nitrogen and oxygen atoms in total. The van der Waals surface area contributed by atoms with Gasteiger partial charge in [0.15, 0.2) is 0 Å². The molecule has 3 N–H and O–H groups in total. The molecule has 1 aromatic rings. The summed E-state index contributed by atoms with van der Waals surface area (Å²) in [5.41, 5.74) is 8.31. The van der Waals surface area contributed by atoms with E-state index in [9.17, 15) is 4.79 Å². The van der Waals surface area contributed by atoms with Gasteiger partial charge in [0.25, 0.3) is 0 Å². The van der Waals surface area contributed by atoms with E-state index in [1.165, 1.54) is 39.2 Å². The smallest absolute Gasteiger partial charge is 0.337 e. The molecular formula is C16H24N2O2. The normalized spacial score (nSPS) is 17.5. The fourth-order valence-electron chi connectivity index (χ4n) is 2.84. The molecule has 0 bridgehead atoms. The van der Waals surface area contributed by atoms with Gasteiger partial charge in [-0.15, -0.1) is 0 Å². The summed E-state index contributed by atoms with van der Waals surface area (Å²) < 4.78 is 4.74. The molecule has 0 spiro atoms. The number of benzene rings is 1. The minimum Gasteiger partial charge on any atom is -0.465 e. The van der Waals surface area contributed by atoms with E-state index < -0.39 is 0 Å². The van der Waals surface area contributed by atoms with Gasteiger partial charge in [0.05, 0.1) is 24.0 Å². The first-order valence-corrected chi connectivity index (χ1v) is 7.26. The maximum Gasteiger partial charge on any atom is 0.337 e. The minimum absolute atomic E-state index is 0.325. The quantitative estimate of drug-likeness (QED) is 0.653. The third kappa shape index (κ3) is 3.44. The number of anilines is 2. The Hall–Kier alpha value is -1.71. The van der Waals surface area contributed by atoms with Gasteiger partial charge < -0.3 is 15.8 Å². The maximum absolute atomic E-state index is 11.6. The lowest BCUT2D eigenvalue weighted by molar-refractivity contribution is 0.0601. The zero-order valence-corrected chi connectivity index (χ0v) is 12.4. The predicted octanol–water partition coefficient (Wildman–Crippen LogP) is 3.44. The summed E-state index contributed by atoms with van der Waals surface area (Å²) in [5, 5.41) is 3.41.